The molecule has 0 spiro atoms. The first-order valence-electron chi connectivity index (χ1n) is 13.4. The highest BCUT2D eigenvalue weighted by Gasteiger charge is 2.57. The molecule has 9 heteroatoms. The molecular weight excluding hydrogens is 512 g/mol. The van der Waals surface area contributed by atoms with Crippen molar-refractivity contribution in [1.29, 1.82) is 5.26 Å². The average Bonchev–Trinajstić information content (AvgIpc) is 3.66. The van der Waals surface area contributed by atoms with Crippen LogP contribution in [0, 0.1) is 23.7 Å². The van der Waals surface area contributed by atoms with Crippen LogP contribution >= 0.6 is 0 Å². The molecule has 0 aliphatic heterocycles. The molecule has 9 nitrogen and oxygen atoms in total. The summed E-state index contributed by atoms with van der Waals surface area (Å²) in [6.07, 6.45) is 22.0. The molecule has 0 atom stereocenters. The van der Waals surface area contributed by atoms with Gasteiger partial charge in [-0.25, -0.2) is 9.97 Å². The van der Waals surface area contributed by atoms with E-state index < -0.39 is 5.54 Å². The van der Waals surface area contributed by atoms with Crippen molar-refractivity contribution in [2.24, 2.45) is 0 Å². The molecule has 2 bridgehead atoms. The lowest BCUT2D eigenvalue weighted by Gasteiger charge is -2.30. The maximum atomic E-state index is 13.2. The fourth-order valence-corrected chi connectivity index (χ4v) is 6.71. The second-order valence-electron chi connectivity index (χ2n) is 10.8. The number of fused-ring (bicyclic) bond motifs is 3. The van der Waals surface area contributed by atoms with Gasteiger partial charge in [0.15, 0.2) is 0 Å². The average molecular weight is 541 g/mol. The van der Waals surface area contributed by atoms with Crippen LogP contribution in [0.15, 0.2) is 49.7 Å². The third kappa shape index (κ3) is 4.06. The predicted molar refractivity (Wildman–Crippen MR) is 158 cm³/mol. The number of carbonyl (C=O) groups excluding carboxylic acids is 1. The van der Waals surface area contributed by atoms with Crippen molar-refractivity contribution in [2.75, 3.05) is 5.73 Å². The zero-order valence-electron chi connectivity index (χ0n) is 22.7. The van der Waals surface area contributed by atoms with Gasteiger partial charge in [-0.2, -0.15) is 5.26 Å². The lowest BCUT2D eigenvalue weighted by atomic mass is 9.90. The third-order valence-corrected chi connectivity index (χ3v) is 8.48. The summed E-state index contributed by atoms with van der Waals surface area (Å²) in [7, 11) is 0. The molecule has 2 fully saturated rings. The van der Waals surface area contributed by atoms with Gasteiger partial charge >= 0.3 is 0 Å². The maximum Gasteiger partial charge on any atom is 0.253 e. The number of amides is 1. The van der Waals surface area contributed by atoms with Gasteiger partial charge in [0, 0.05) is 46.4 Å². The number of nitriles is 1. The number of nitrogens with one attached hydrogen (secondary N) is 1. The van der Waals surface area contributed by atoms with Gasteiger partial charge in [0.05, 0.1) is 22.2 Å². The maximum absolute atomic E-state index is 13.2. The van der Waals surface area contributed by atoms with E-state index >= 15 is 0 Å². The zero-order valence-corrected chi connectivity index (χ0v) is 22.7. The molecule has 4 aromatic rings. The third-order valence-electron chi connectivity index (χ3n) is 8.48. The molecule has 0 saturated heterocycles. The molecule has 3 N–H and O–H groups in total. The first-order valence-corrected chi connectivity index (χ1v) is 13.4. The Morgan fingerprint density at radius 2 is 2.00 bits per heavy atom. The highest BCUT2D eigenvalue weighted by molar-refractivity contribution is 6.04. The fourth-order valence-electron chi connectivity index (χ4n) is 6.71. The number of carbonyl (C=O) groups is 1. The number of rotatable bonds is 6. The number of nitrogens with two attached hydrogens (primary N) is 1. The first kappa shape index (κ1) is 26.0. The Hall–Kier alpha value is -5.28. The SMILES string of the molecule is C#Cc1c(-c2cnc(C=C)c(/C=C\C)c2)c2c(N)ncnc2n1C12CCC(NC(=O)c3cncc(C#N)c3)(CC1)C2. The van der Waals surface area contributed by atoms with E-state index in [0.717, 1.165) is 48.1 Å². The molecule has 41 heavy (non-hydrogen) atoms. The Morgan fingerprint density at radius 1 is 1.20 bits per heavy atom. The van der Waals surface area contributed by atoms with Crippen LogP contribution in [0.5, 0.6) is 0 Å². The van der Waals surface area contributed by atoms with E-state index in [2.05, 4.69) is 37.3 Å². The summed E-state index contributed by atoms with van der Waals surface area (Å²) >= 11 is 0. The van der Waals surface area contributed by atoms with Crippen LogP contribution in [0.1, 0.15) is 71.9 Å². The van der Waals surface area contributed by atoms with E-state index in [1.54, 1.807) is 18.3 Å². The second kappa shape index (κ2) is 9.72. The standard InChI is InChI=1S/C32H28N8O/c1-4-7-21-13-22(17-36-24(21)5-2)26-25(6-3)40(29-27(26)28(34)37-19-38-29)32-10-8-31(18-32,9-11-32)39-30(41)23-12-20(14-33)15-35-16-23/h3-5,7,12-13,15-17,19H,2,8-11,18H2,1H3,(H,39,41)(H2,34,37,38)/b7-4-. The van der Waals surface area contributed by atoms with Crippen LogP contribution in [-0.2, 0) is 5.54 Å². The number of anilines is 1. The molecule has 4 heterocycles. The molecule has 6 rings (SSSR count). The Labute approximate surface area is 237 Å². The lowest BCUT2D eigenvalue weighted by molar-refractivity contribution is 0.0900. The quantitative estimate of drug-likeness (QED) is 0.334. The number of terminal acetylenes is 1. The summed E-state index contributed by atoms with van der Waals surface area (Å²) in [5.41, 5.74) is 11.0. The summed E-state index contributed by atoms with van der Waals surface area (Å²) in [6.45, 7) is 5.84. The molecule has 4 aromatic heterocycles. The highest BCUT2D eigenvalue weighted by Crippen LogP contribution is 2.57. The topological polar surface area (TPSA) is 135 Å². The number of pyridine rings is 2. The molecule has 2 aliphatic carbocycles. The minimum absolute atomic E-state index is 0.237. The van der Waals surface area contributed by atoms with Gasteiger partial charge in [0.1, 0.15) is 29.6 Å². The molecule has 2 saturated carbocycles. The van der Waals surface area contributed by atoms with Crippen molar-refractivity contribution < 1.29 is 4.79 Å². The summed E-state index contributed by atoms with van der Waals surface area (Å²) in [5.74, 6) is 3.06. The van der Waals surface area contributed by atoms with Crippen LogP contribution in [0.4, 0.5) is 5.82 Å². The van der Waals surface area contributed by atoms with Gasteiger partial charge in [-0.15, -0.1) is 6.42 Å². The number of nitrogen functional groups attached to an aromatic ring is 1. The number of nitrogens with zero attached hydrogens (tertiary/aromatic N) is 6. The van der Waals surface area contributed by atoms with E-state index in [0.29, 0.717) is 40.1 Å². The van der Waals surface area contributed by atoms with Crippen LogP contribution in [-0.4, -0.2) is 35.9 Å². The van der Waals surface area contributed by atoms with E-state index in [9.17, 15) is 10.1 Å². The fraction of sp³-hybridized carbons (Fsp3) is 0.250. The molecule has 0 radical (unpaired) electrons. The smallest absolute Gasteiger partial charge is 0.253 e. The number of allylic oxidation sites excluding steroid dienone is 1. The number of hydrogen-bond acceptors (Lipinski definition) is 7. The van der Waals surface area contributed by atoms with Crippen molar-refractivity contribution in [3.05, 3.63) is 77.8 Å². The minimum Gasteiger partial charge on any atom is -0.383 e. The van der Waals surface area contributed by atoms with Crippen molar-refractivity contribution in [1.82, 2.24) is 29.8 Å². The number of aromatic nitrogens is 5. The van der Waals surface area contributed by atoms with Gasteiger partial charge < -0.3 is 15.6 Å². The molecular formula is C32H28N8O. The Morgan fingerprint density at radius 3 is 2.71 bits per heavy atom. The monoisotopic (exact) mass is 540 g/mol. The largest absolute Gasteiger partial charge is 0.383 e. The molecule has 0 unspecified atom stereocenters. The Kier molecular flexibility index (Phi) is 6.16. The van der Waals surface area contributed by atoms with Crippen molar-refractivity contribution in [3.8, 4) is 29.5 Å². The minimum atomic E-state index is -0.410. The van der Waals surface area contributed by atoms with Crippen LogP contribution < -0.4 is 11.1 Å². The van der Waals surface area contributed by atoms with E-state index in [-0.39, 0.29) is 11.4 Å². The molecule has 0 aromatic carbocycles. The van der Waals surface area contributed by atoms with Crippen LogP contribution in [0.25, 0.3) is 34.3 Å². The van der Waals surface area contributed by atoms with Crippen molar-refractivity contribution in [2.45, 2.75) is 50.1 Å². The summed E-state index contributed by atoms with van der Waals surface area (Å²) in [6, 6.07) is 5.64. The molecule has 1 amide bonds. The first-order chi connectivity index (χ1) is 19.9. The highest BCUT2D eigenvalue weighted by atomic mass is 16.1. The normalized spacial score (nSPS) is 21.1. The predicted octanol–water partition coefficient (Wildman–Crippen LogP) is 4.84. The van der Waals surface area contributed by atoms with Crippen molar-refractivity contribution in [3.63, 3.8) is 0 Å². The van der Waals surface area contributed by atoms with Crippen molar-refractivity contribution >= 4 is 34.9 Å². The zero-order chi connectivity index (χ0) is 28.8. The van der Waals surface area contributed by atoms with Gasteiger partial charge in [-0.05, 0) is 57.2 Å². The molecule has 202 valence electrons. The van der Waals surface area contributed by atoms with Gasteiger partial charge in [0.2, 0.25) is 0 Å². The van der Waals surface area contributed by atoms with E-state index in [1.165, 1.54) is 18.7 Å². The Balaban J connectivity index is 1.46. The number of hydrogen-bond donors (Lipinski definition) is 2. The Bertz CT molecular complexity index is 1840. The van der Waals surface area contributed by atoms with Gasteiger partial charge in [-0.3, -0.25) is 14.8 Å². The van der Waals surface area contributed by atoms with Crippen LogP contribution in [0.3, 0.4) is 0 Å². The summed E-state index contributed by atoms with van der Waals surface area (Å²) < 4.78 is 2.16. The van der Waals surface area contributed by atoms with Gasteiger partial charge in [0.25, 0.3) is 5.91 Å². The van der Waals surface area contributed by atoms with Gasteiger partial charge in [-0.1, -0.05) is 24.7 Å². The summed E-state index contributed by atoms with van der Waals surface area (Å²) in [5, 5.41) is 13.2. The van der Waals surface area contributed by atoms with E-state index in [1.807, 2.05) is 31.2 Å². The lowest BCUT2D eigenvalue weighted by Crippen LogP contribution is -2.45. The summed E-state index contributed by atoms with van der Waals surface area (Å²) in [4.78, 5) is 30.9. The van der Waals surface area contributed by atoms with Crippen LogP contribution in [0.2, 0.25) is 0 Å². The van der Waals surface area contributed by atoms with E-state index in [4.69, 9.17) is 17.1 Å². The molecule has 2 aliphatic rings. The second-order valence-corrected chi connectivity index (χ2v) is 10.8.